The molecule has 0 unspecified atom stereocenters. The van der Waals surface area contributed by atoms with Crippen molar-refractivity contribution in [2.75, 3.05) is 0 Å². The van der Waals surface area contributed by atoms with E-state index in [2.05, 4.69) is 113 Å². The Bertz CT molecular complexity index is 82.3. The van der Waals surface area contributed by atoms with Crippen LogP contribution in [0.4, 0.5) is 0 Å². The molecule has 0 fully saturated rings. The van der Waals surface area contributed by atoms with E-state index < -0.39 is 0 Å². The molecule has 0 saturated carbocycles. The number of halogens is 4. The van der Waals surface area contributed by atoms with Crippen molar-refractivity contribution in [3.63, 3.8) is 0 Å². The Kier molecular flexibility index (Phi) is 372. The van der Waals surface area contributed by atoms with E-state index in [1.165, 1.54) is 13.8 Å². The van der Waals surface area contributed by atoms with Gasteiger partial charge in [-0.2, -0.15) is 10.5 Å². The molecule has 2 nitrogen and oxygen atoms in total. The first-order chi connectivity index (χ1) is 6.83. The molecule has 0 rings (SSSR count). The van der Waals surface area contributed by atoms with Crippen molar-refractivity contribution in [3.8, 4) is 12.1 Å². The Hall–Kier alpha value is 2.98. The predicted octanol–water partition coefficient (Wildman–Crippen LogP) is 4.43. The van der Waals surface area contributed by atoms with Gasteiger partial charge in [-0.05, 0) is 0 Å². The molecule has 0 bridgehead atoms. The average Bonchev–Trinajstić information content (AvgIpc) is 2.31. The number of nitriles is 2. The van der Waals surface area contributed by atoms with Gasteiger partial charge in [-0.15, -0.1) is 0 Å². The summed E-state index contributed by atoms with van der Waals surface area (Å²) in [7, 11) is 0. The van der Waals surface area contributed by atoms with Crippen LogP contribution < -0.4 is 0 Å². The van der Waals surface area contributed by atoms with E-state index in [4.69, 9.17) is 10.5 Å². The fourth-order valence-electron chi connectivity index (χ4n) is 0. The van der Waals surface area contributed by atoms with Gasteiger partial charge >= 0.3 is 113 Å². The minimum absolute atomic E-state index is 1.43. The maximum atomic E-state index is 7.32. The molecule has 0 radical (unpaired) electrons. The third-order valence-electron chi connectivity index (χ3n) is 0. The van der Waals surface area contributed by atoms with Crippen LogP contribution in [0.5, 0.6) is 0 Å². The molecule has 104 valence electrons. The topological polar surface area (TPSA) is 47.6 Å². The minimum atomic E-state index is 1.43. The Morgan fingerprint density at radius 3 is 0.643 bits per heavy atom. The second-order valence-corrected chi connectivity index (χ2v) is 0.447. The van der Waals surface area contributed by atoms with E-state index in [1.54, 1.807) is 12.1 Å². The van der Waals surface area contributed by atoms with Crippen LogP contribution in [0.2, 0.25) is 0 Å². The molecule has 0 aromatic carbocycles. The third kappa shape index (κ3) is 330. The molecule has 0 atom stereocenters. The summed E-state index contributed by atoms with van der Waals surface area (Å²) in [6.45, 7) is 2.86. The second kappa shape index (κ2) is 145. The fraction of sp³-hybridized carbons (Fsp3) is 0.500. The van der Waals surface area contributed by atoms with Gasteiger partial charge in [0.1, 0.15) is 0 Å². The van der Waals surface area contributed by atoms with Crippen LogP contribution in [-0.4, -0.2) is 0 Å². The van der Waals surface area contributed by atoms with Crippen molar-refractivity contribution < 1.29 is 56.8 Å². The molecule has 14 heavy (non-hydrogen) atoms. The first-order valence-corrected chi connectivity index (χ1v) is 11.2. The van der Waals surface area contributed by atoms with Crippen molar-refractivity contribution in [2.24, 2.45) is 0 Å². The van der Waals surface area contributed by atoms with E-state index in [1.807, 2.05) is 0 Å². The Labute approximate surface area is 147 Å². The number of hydrogen-bond donors (Lipinski definition) is 0. The van der Waals surface area contributed by atoms with E-state index >= 15 is 0 Å². The summed E-state index contributed by atoms with van der Waals surface area (Å²) in [5.41, 5.74) is 0. The van der Waals surface area contributed by atoms with Crippen molar-refractivity contribution in [2.45, 2.75) is 13.8 Å². The zero-order valence-corrected chi connectivity index (χ0v) is 16.7. The normalized spacial score (nSPS) is 3.14. The van der Waals surface area contributed by atoms with Gasteiger partial charge in [0.2, 0.25) is 0 Å². The zero-order chi connectivity index (χ0) is 13.4. The molecule has 0 spiro atoms. The average molecular weight is 656 g/mol. The van der Waals surface area contributed by atoms with Crippen molar-refractivity contribution in [1.29, 1.82) is 10.5 Å². The van der Waals surface area contributed by atoms with Crippen LogP contribution in [0.1, 0.15) is 13.8 Å². The van der Waals surface area contributed by atoms with Crippen LogP contribution in [0.3, 0.4) is 0 Å². The summed E-state index contributed by atoms with van der Waals surface area (Å²) >= 11 is 26.0. The molecule has 0 aromatic heterocycles. The molecule has 0 aliphatic carbocycles. The van der Waals surface area contributed by atoms with Crippen LogP contribution in [-0.2, 0) is 56.8 Å². The monoisotopic (exact) mass is 649 g/mol. The van der Waals surface area contributed by atoms with Gasteiger partial charge in [0.25, 0.3) is 0 Å². The zero-order valence-electron chi connectivity index (χ0n) is 6.61. The molecule has 0 aliphatic rings. The number of rotatable bonds is 0. The summed E-state index contributed by atoms with van der Waals surface area (Å²) in [6.07, 6.45) is 0. The summed E-state index contributed by atoms with van der Waals surface area (Å²) in [5, 5.41) is 14.6. The Morgan fingerprint density at radius 1 is 0.643 bits per heavy atom. The van der Waals surface area contributed by atoms with Crippen LogP contribution in [0, 0.1) is 22.7 Å². The first-order valence-electron chi connectivity index (χ1n) is 1.90. The number of hydrogen-bond acceptors (Lipinski definition) is 2. The van der Waals surface area contributed by atoms with Crippen LogP contribution >= 0.6 is 56.4 Å². The molecule has 10 heteroatoms. The van der Waals surface area contributed by atoms with Gasteiger partial charge in [-0.3, -0.25) is 0 Å². The van der Waals surface area contributed by atoms with Crippen molar-refractivity contribution in [3.05, 3.63) is 0 Å². The molecule has 0 N–H and O–H groups in total. The third-order valence-corrected chi connectivity index (χ3v) is 0. The summed E-state index contributed by atoms with van der Waals surface area (Å²) in [6, 6.07) is 3.50. The van der Waals surface area contributed by atoms with Gasteiger partial charge in [-0.25, -0.2) is 0 Å². The fourth-order valence-corrected chi connectivity index (χ4v) is 0. The van der Waals surface area contributed by atoms with E-state index in [0.717, 1.165) is 0 Å². The van der Waals surface area contributed by atoms with E-state index in [9.17, 15) is 0 Å². The molecule has 0 aliphatic heterocycles. The van der Waals surface area contributed by atoms with E-state index in [0.29, 0.717) is 0 Å². The quantitative estimate of drug-likeness (QED) is 0.363. The summed E-state index contributed by atoms with van der Waals surface area (Å²) in [5.74, 6) is 0. The Balaban J connectivity index is -0.0000000139. The molecular weight excluding hydrogens is 650 g/mol. The van der Waals surface area contributed by atoms with Gasteiger partial charge < -0.3 is 0 Å². The predicted molar refractivity (Wildman–Crippen MR) is 58.3 cm³/mol. The maximum absolute atomic E-state index is 7.32. The molecule has 0 heterocycles. The van der Waals surface area contributed by atoms with Gasteiger partial charge in [-0.1, -0.05) is 0 Å². The van der Waals surface area contributed by atoms with Crippen molar-refractivity contribution >= 4 is 56.4 Å². The molecule has 0 aromatic rings. The SMILES string of the molecule is CC#N.CC#N.[Cu][Br].[Cu][Br].[Cu][Br].[Cu][Br]. The Morgan fingerprint density at radius 2 is 0.643 bits per heavy atom. The van der Waals surface area contributed by atoms with E-state index in [-0.39, 0.29) is 0 Å². The molecular formula is C4H6Br4Cu4N2. The van der Waals surface area contributed by atoms with Crippen LogP contribution in [0.25, 0.3) is 0 Å². The van der Waals surface area contributed by atoms with Crippen LogP contribution in [0.15, 0.2) is 0 Å². The van der Waals surface area contributed by atoms with Gasteiger partial charge in [0.05, 0.1) is 12.1 Å². The molecule has 0 amide bonds. The van der Waals surface area contributed by atoms with Crippen molar-refractivity contribution in [1.82, 2.24) is 0 Å². The summed E-state index contributed by atoms with van der Waals surface area (Å²) < 4.78 is 0. The second-order valence-electron chi connectivity index (χ2n) is 0.447. The first kappa shape index (κ1) is 36.0. The summed E-state index contributed by atoms with van der Waals surface area (Å²) in [4.78, 5) is 0. The van der Waals surface area contributed by atoms with Gasteiger partial charge in [0.15, 0.2) is 0 Å². The standard InChI is InChI=1S/2C2H3N.4BrH.4Cu/c2*1-2-3;;;;;;;;/h2*1H3;4*1H;;;;/q;;;;;;4*+1/p-4. The molecule has 0 saturated heterocycles. The van der Waals surface area contributed by atoms with Gasteiger partial charge in [0, 0.05) is 13.8 Å². The number of nitrogens with zero attached hydrogens (tertiary/aromatic N) is 2.